The van der Waals surface area contributed by atoms with Crippen molar-refractivity contribution in [3.63, 3.8) is 0 Å². The molecule has 0 amide bonds. The lowest BCUT2D eigenvalue weighted by molar-refractivity contribution is -0.668. The number of para-hydroxylation sites is 2. The summed E-state index contributed by atoms with van der Waals surface area (Å²) in [6, 6.07) is 14.5. The Labute approximate surface area is 135 Å². The number of rotatable bonds is 5. The Morgan fingerprint density at radius 1 is 1.14 bits per heavy atom. The molecular formula is C19H21N2S+. The summed E-state index contributed by atoms with van der Waals surface area (Å²) in [7, 11) is 0. The SMILES string of the molecule is C=Cc1sc2cccc(-c3ccccc3N)c2[n+]1CCCC. The Kier molecular flexibility index (Phi) is 4.25. The van der Waals surface area contributed by atoms with Crippen LogP contribution in [0.4, 0.5) is 5.69 Å². The van der Waals surface area contributed by atoms with Crippen molar-refractivity contribution in [1.82, 2.24) is 0 Å². The molecule has 0 spiro atoms. The lowest BCUT2D eigenvalue weighted by Gasteiger charge is -2.06. The van der Waals surface area contributed by atoms with Gasteiger partial charge in [-0.1, -0.05) is 55.5 Å². The first-order chi connectivity index (χ1) is 10.8. The molecule has 0 aliphatic heterocycles. The number of nitrogen functional groups attached to an aromatic ring is 1. The zero-order chi connectivity index (χ0) is 15.5. The van der Waals surface area contributed by atoms with E-state index in [1.54, 1.807) is 11.3 Å². The third-order valence-electron chi connectivity index (χ3n) is 3.91. The van der Waals surface area contributed by atoms with Gasteiger partial charge in [-0.25, -0.2) is 0 Å². The molecule has 3 aromatic rings. The second kappa shape index (κ2) is 6.32. The predicted molar refractivity (Wildman–Crippen MR) is 96.9 cm³/mol. The molecule has 3 heteroatoms. The van der Waals surface area contributed by atoms with Crippen LogP contribution in [0.25, 0.3) is 27.4 Å². The Morgan fingerprint density at radius 2 is 1.91 bits per heavy atom. The van der Waals surface area contributed by atoms with Gasteiger partial charge in [0.05, 0.1) is 5.56 Å². The number of hydrogen-bond donors (Lipinski definition) is 1. The standard InChI is InChI=1S/C19H21N2S/c1-3-5-13-21-18(4-2)22-17-12-8-10-15(19(17)21)14-9-6-7-11-16(14)20/h4,6-12H,2-3,5,13,20H2,1H3/q+1. The van der Waals surface area contributed by atoms with Gasteiger partial charge in [0, 0.05) is 23.7 Å². The molecule has 2 aromatic carbocycles. The summed E-state index contributed by atoms with van der Waals surface area (Å²) in [5.74, 6) is 0. The van der Waals surface area contributed by atoms with Crippen LogP contribution in [0.1, 0.15) is 24.8 Å². The van der Waals surface area contributed by atoms with Crippen LogP contribution in [0.3, 0.4) is 0 Å². The first kappa shape index (κ1) is 14.8. The summed E-state index contributed by atoms with van der Waals surface area (Å²) in [5, 5.41) is 1.21. The first-order valence-electron chi connectivity index (χ1n) is 7.69. The molecule has 1 aromatic heterocycles. The van der Waals surface area contributed by atoms with Crippen LogP contribution < -0.4 is 10.3 Å². The number of anilines is 1. The summed E-state index contributed by atoms with van der Waals surface area (Å²) in [5.41, 5.74) is 10.6. The smallest absolute Gasteiger partial charge is 0.262 e. The van der Waals surface area contributed by atoms with Gasteiger partial charge in [0.15, 0.2) is 6.54 Å². The lowest BCUT2D eigenvalue weighted by atomic mass is 10.0. The van der Waals surface area contributed by atoms with Gasteiger partial charge in [-0.3, -0.25) is 0 Å². The molecule has 2 N–H and O–H groups in total. The fourth-order valence-corrected chi connectivity index (χ4v) is 3.88. The van der Waals surface area contributed by atoms with Crippen LogP contribution in [0.5, 0.6) is 0 Å². The van der Waals surface area contributed by atoms with Crippen LogP contribution in [-0.2, 0) is 6.54 Å². The molecule has 0 atom stereocenters. The van der Waals surface area contributed by atoms with Crippen LogP contribution in [-0.4, -0.2) is 0 Å². The van der Waals surface area contributed by atoms with Crippen molar-refractivity contribution in [2.75, 3.05) is 5.73 Å². The highest BCUT2D eigenvalue weighted by molar-refractivity contribution is 7.18. The van der Waals surface area contributed by atoms with Crippen molar-refractivity contribution in [3.05, 3.63) is 54.1 Å². The topological polar surface area (TPSA) is 29.9 Å². The van der Waals surface area contributed by atoms with Gasteiger partial charge < -0.3 is 5.73 Å². The highest BCUT2D eigenvalue weighted by Crippen LogP contribution is 2.33. The Hall–Kier alpha value is -2.13. The maximum absolute atomic E-state index is 6.21. The largest absolute Gasteiger partial charge is 0.398 e. The van der Waals surface area contributed by atoms with Crippen molar-refractivity contribution >= 4 is 33.3 Å². The third-order valence-corrected chi connectivity index (χ3v) is 5.06. The zero-order valence-corrected chi connectivity index (χ0v) is 13.7. The second-order valence-electron chi connectivity index (χ2n) is 5.39. The van der Waals surface area contributed by atoms with E-state index in [-0.39, 0.29) is 0 Å². The normalized spacial score (nSPS) is 11.0. The van der Waals surface area contributed by atoms with E-state index in [0.29, 0.717) is 0 Å². The lowest BCUT2D eigenvalue weighted by Crippen LogP contribution is -2.35. The van der Waals surface area contributed by atoms with Gasteiger partial charge in [-0.15, -0.1) is 0 Å². The number of hydrogen-bond acceptors (Lipinski definition) is 2. The summed E-state index contributed by atoms with van der Waals surface area (Å²) in [4.78, 5) is 0. The van der Waals surface area contributed by atoms with Gasteiger partial charge in [-0.05, 0) is 18.2 Å². The van der Waals surface area contributed by atoms with E-state index in [0.717, 1.165) is 24.2 Å². The van der Waals surface area contributed by atoms with E-state index < -0.39 is 0 Å². The minimum Gasteiger partial charge on any atom is -0.398 e. The number of fused-ring (bicyclic) bond motifs is 1. The molecule has 0 unspecified atom stereocenters. The van der Waals surface area contributed by atoms with Gasteiger partial charge in [0.1, 0.15) is 4.70 Å². The Balaban J connectivity index is 2.29. The highest BCUT2D eigenvalue weighted by atomic mass is 32.1. The molecule has 0 saturated carbocycles. The number of unbranched alkanes of at least 4 members (excludes halogenated alkanes) is 1. The van der Waals surface area contributed by atoms with E-state index in [9.17, 15) is 0 Å². The number of aromatic nitrogens is 1. The van der Waals surface area contributed by atoms with Crippen LogP contribution >= 0.6 is 11.3 Å². The maximum Gasteiger partial charge on any atom is 0.262 e. The van der Waals surface area contributed by atoms with Gasteiger partial charge in [0.2, 0.25) is 5.52 Å². The quantitative estimate of drug-likeness (QED) is 0.528. The fraction of sp³-hybridized carbons (Fsp3) is 0.211. The molecule has 0 radical (unpaired) electrons. The predicted octanol–water partition coefficient (Wildman–Crippen LogP) is 4.88. The van der Waals surface area contributed by atoms with E-state index in [2.05, 4.69) is 42.3 Å². The molecule has 0 aliphatic carbocycles. The zero-order valence-electron chi connectivity index (χ0n) is 12.9. The Morgan fingerprint density at radius 3 is 2.64 bits per heavy atom. The van der Waals surface area contributed by atoms with Crippen molar-refractivity contribution in [3.8, 4) is 11.1 Å². The van der Waals surface area contributed by atoms with E-state index in [1.165, 1.54) is 27.2 Å². The molecule has 0 aliphatic rings. The van der Waals surface area contributed by atoms with Crippen LogP contribution in [0, 0.1) is 0 Å². The van der Waals surface area contributed by atoms with Crippen molar-refractivity contribution in [2.45, 2.75) is 26.3 Å². The number of aryl methyl sites for hydroxylation is 1. The highest BCUT2D eigenvalue weighted by Gasteiger charge is 2.22. The minimum absolute atomic E-state index is 0.823. The average Bonchev–Trinajstić information content (AvgIpc) is 2.91. The van der Waals surface area contributed by atoms with Crippen molar-refractivity contribution in [1.29, 1.82) is 0 Å². The average molecular weight is 309 g/mol. The van der Waals surface area contributed by atoms with Gasteiger partial charge in [-0.2, -0.15) is 4.57 Å². The number of thiazole rings is 1. The van der Waals surface area contributed by atoms with Crippen LogP contribution in [0.2, 0.25) is 0 Å². The summed E-state index contributed by atoms with van der Waals surface area (Å²) >= 11 is 1.79. The summed E-state index contributed by atoms with van der Waals surface area (Å²) in [6.45, 7) is 7.22. The van der Waals surface area contributed by atoms with Crippen molar-refractivity contribution < 1.29 is 4.57 Å². The monoisotopic (exact) mass is 309 g/mol. The van der Waals surface area contributed by atoms with Crippen LogP contribution in [0.15, 0.2) is 49.0 Å². The number of nitrogens with two attached hydrogens (primary N) is 1. The Bertz CT molecular complexity index is 817. The number of nitrogens with zero attached hydrogens (tertiary/aromatic N) is 1. The third kappa shape index (κ3) is 2.53. The molecule has 1 heterocycles. The maximum atomic E-state index is 6.21. The molecule has 112 valence electrons. The molecule has 0 bridgehead atoms. The van der Waals surface area contributed by atoms with E-state index >= 15 is 0 Å². The minimum atomic E-state index is 0.823. The number of benzene rings is 2. The van der Waals surface area contributed by atoms with Gasteiger partial charge >= 0.3 is 0 Å². The summed E-state index contributed by atoms with van der Waals surface area (Å²) < 4.78 is 3.67. The molecule has 22 heavy (non-hydrogen) atoms. The molecule has 2 nitrogen and oxygen atoms in total. The van der Waals surface area contributed by atoms with E-state index in [1.807, 2.05) is 24.3 Å². The first-order valence-corrected chi connectivity index (χ1v) is 8.50. The molecular weight excluding hydrogens is 288 g/mol. The molecule has 0 saturated heterocycles. The molecule has 0 fully saturated rings. The summed E-state index contributed by atoms with van der Waals surface area (Å²) in [6.07, 6.45) is 4.30. The fourth-order valence-electron chi connectivity index (χ4n) is 2.81. The molecule has 3 rings (SSSR count). The van der Waals surface area contributed by atoms with Crippen molar-refractivity contribution in [2.24, 2.45) is 0 Å². The van der Waals surface area contributed by atoms with Gasteiger partial charge in [0.25, 0.3) is 5.01 Å². The van der Waals surface area contributed by atoms with E-state index in [4.69, 9.17) is 5.73 Å². The second-order valence-corrected chi connectivity index (χ2v) is 6.45.